The summed E-state index contributed by atoms with van der Waals surface area (Å²) < 4.78 is 6.82. The molecule has 0 aliphatic heterocycles. The Morgan fingerprint density at radius 3 is 3.16 bits per heavy atom. The van der Waals surface area contributed by atoms with E-state index in [0.29, 0.717) is 23.7 Å². The zero-order chi connectivity index (χ0) is 13.2. The van der Waals surface area contributed by atoms with Crippen molar-refractivity contribution in [3.05, 3.63) is 18.5 Å². The van der Waals surface area contributed by atoms with Crippen LogP contribution in [0.4, 0.5) is 0 Å². The molecule has 1 unspecified atom stereocenters. The van der Waals surface area contributed by atoms with E-state index >= 15 is 0 Å². The van der Waals surface area contributed by atoms with Gasteiger partial charge in [-0.05, 0) is 12.8 Å². The standard InChI is InChI=1S/C11H15N7O/c1-19-4-2-3-7(12)10-16-17-11-8-9(14-5-13-8)15-6-18(10)11/h5-7H,2-4,12H2,1H3,(H,13,14). The van der Waals surface area contributed by atoms with Crippen LogP contribution in [0.2, 0.25) is 0 Å². The number of nitrogens with one attached hydrogen (secondary N) is 1. The molecule has 8 nitrogen and oxygen atoms in total. The zero-order valence-corrected chi connectivity index (χ0v) is 10.6. The number of ether oxygens (including phenoxy) is 1. The smallest absolute Gasteiger partial charge is 0.189 e. The second-order valence-electron chi connectivity index (χ2n) is 4.34. The fraction of sp³-hybridized carbons (Fsp3) is 0.455. The normalized spacial score (nSPS) is 13.4. The third-order valence-corrected chi connectivity index (χ3v) is 3.06. The first-order valence-electron chi connectivity index (χ1n) is 6.08. The Balaban J connectivity index is 1.95. The molecule has 0 aromatic carbocycles. The van der Waals surface area contributed by atoms with Crippen molar-refractivity contribution >= 4 is 16.8 Å². The second kappa shape index (κ2) is 4.90. The molecular formula is C11H15N7O. The van der Waals surface area contributed by atoms with Crippen LogP contribution in [0.3, 0.4) is 0 Å². The van der Waals surface area contributed by atoms with Gasteiger partial charge in [-0.2, -0.15) is 0 Å². The highest BCUT2D eigenvalue weighted by atomic mass is 16.5. The van der Waals surface area contributed by atoms with Crippen LogP contribution in [-0.4, -0.2) is 43.3 Å². The molecule has 3 N–H and O–H groups in total. The van der Waals surface area contributed by atoms with Crippen molar-refractivity contribution in [2.45, 2.75) is 18.9 Å². The molecule has 1 atom stereocenters. The van der Waals surface area contributed by atoms with Gasteiger partial charge in [0.05, 0.1) is 12.4 Å². The summed E-state index contributed by atoms with van der Waals surface area (Å²) in [5.41, 5.74) is 8.22. The van der Waals surface area contributed by atoms with Gasteiger partial charge in [0, 0.05) is 13.7 Å². The topological polar surface area (TPSA) is 107 Å². The van der Waals surface area contributed by atoms with E-state index < -0.39 is 0 Å². The number of aromatic nitrogens is 6. The Morgan fingerprint density at radius 2 is 2.32 bits per heavy atom. The summed E-state index contributed by atoms with van der Waals surface area (Å²) in [6, 6.07) is -0.188. The van der Waals surface area contributed by atoms with Crippen LogP contribution in [0.15, 0.2) is 12.7 Å². The van der Waals surface area contributed by atoms with E-state index in [1.807, 2.05) is 0 Å². The summed E-state index contributed by atoms with van der Waals surface area (Å²) in [6.45, 7) is 0.688. The molecule has 3 aromatic rings. The minimum Gasteiger partial charge on any atom is -0.385 e. The minimum absolute atomic E-state index is 0.188. The lowest BCUT2D eigenvalue weighted by Gasteiger charge is -2.08. The molecule has 3 heterocycles. The minimum atomic E-state index is -0.188. The van der Waals surface area contributed by atoms with Crippen molar-refractivity contribution in [2.75, 3.05) is 13.7 Å². The van der Waals surface area contributed by atoms with E-state index in [0.717, 1.165) is 18.4 Å². The lowest BCUT2D eigenvalue weighted by molar-refractivity contribution is 0.190. The van der Waals surface area contributed by atoms with Crippen molar-refractivity contribution in [1.29, 1.82) is 0 Å². The summed E-state index contributed by atoms with van der Waals surface area (Å²) in [4.78, 5) is 11.3. The van der Waals surface area contributed by atoms with E-state index in [2.05, 4.69) is 25.1 Å². The van der Waals surface area contributed by atoms with Crippen LogP contribution >= 0.6 is 0 Å². The molecule has 0 spiro atoms. The third kappa shape index (κ3) is 2.04. The van der Waals surface area contributed by atoms with Crippen LogP contribution < -0.4 is 5.73 Å². The summed E-state index contributed by atoms with van der Waals surface area (Å²) >= 11 is 0. The maximum absolute atomic E-state index is 6.13. The van der Waals surface area contributed by atoms with Crippen molar-refractivity contribution < 1.29 is 4.74 Å². The fourth-order valence-corrected chi connectivity index (χ4v) is 2.08. The Bertz CT molecular complexity index is 689. The first-order valence-corrected chi connectivity index (χ1v) is 6.08. The zero-order valence-electron chi connectivity index (χ0n) is 10.6. The van der Waals surface area contributed by atoms with Gasteiger partial charge in [0.25, 0.3) is 0 Å². The molecule has 100 valence electrons. The summed E-state index contributed by atoms with van der Waals surface area (Å²) in [5.74, 6) is 0.704. The Labute approximate surface area is 109 Å². The number of fused-ring (bicyclic) bond motifs is 3. The number of hydrogen-bond acceptors (Lipinski definition) is 6. The van der Waals surface area contributed by atoms with E-state index in [4.69, 9.17) is 10.5 Å². The predicted octanol–water partition coefficient (Wildman–Crippen LogP) is 0.427. The molecule has 8 heteroatoms. The molecule has 3 aromatic heterocycles. The van der Waals surface area contributed by atoms with Gasteiger partial charge in [0.15, 0.2) is 17.1 Å². The number of rotatable bonds is 5. The maximum atomic E-state index is 6.13. The Morgan fingerprint density at radius 1 is 1.42 bits per heavy atom. The molecule has 0 bridgehead atoms. The number of nitrogens with zero attached hydrogens (tertiary/aromatic N) is 5. The van der Waals surface area contributed by atoms with Gasteiger partial charge >= 0.3 is 0 Å². The monoisotopic (exact) mass is 261 g/mol. The average molecular weight is 261 g/mol. The quantitative estimate of drug-likeness (QED) is 0.645. The predicted molar refractivity (Wildman–Crippen MR) is 68.5 cm³/mol. The Hall–Kier alpha value is -2.06. The van der Waals surface area contributed by atoms with Crippen molar-refractivity contribution in [3.8, 4) is 0 Å². The molecular weight excluding hydrogens is 246 g/mol. The molecule has 0 aliphatic carbocycles. The number of nitrogens with two attached hydrogens (primary N) is 1. The van der Waals surface area contributed by atoms with Gasteiger partial charge in [0.1, 0.15) is 11.8 Å². The van der Waals surface area contributed by atoms with Crippen LogP contribution in [0.25, 0.3) is 16.8 Å². The fourth-order valence-electron chi connectivity index (χ4n) is 2.08. The van der Waals surface area contributed by atoms with Crippen molar-refractivity contribution in [1.82, 2.24) is 29.5 Å². The summed E-state index contributed by atoms with van der Waals surface area (Å²) in [7, 11) is 1.68. The summed E-state index contributed by atoms with van der Waals surface area (Å²) in [5, 5.41) is 8.32. The highest BCUT2D eigenvalue weighted by Crippen LogP contribution is 2.18. The lowest BCUT2D eigenvalue weighted by atomic mass is 10.1. The highest BCUT2D eigenvalue weighted by molar-refractivity contribution is 5.84. The molecule has 0 fully saturated rings. The van der Waals surface area contributed by atoms with Gasteiger partial charge in [-0.15, -0.1) is 10.2 Å². The van der Waals surface area contributed by atoms with Crippen LogP contribution in [0, 0.1) is 0 Å². The molecule has 19 heavy (non-hydrogen) atoms. The number of imidazole rings is 1. The molecule has 3 rings (SSSR count). The number of methoxy groups -OCH3 is 1. The van der Waals surface area contributed by atoms with Gasteiger partial charge in [-0.1, -0.05) is 0 Å². The lowest BCUT2D eigenvalue weighted by Crippen LogP contribution is -2.15. The molecule has 0 aliphatic rings. The number of aromatic amines is 1. The van der Waals surface area contributed by atoms with E-state index in [1.54, 1.807) is 24.2 Å². The Kier molecular flexibility index (Phi) is 3.10. The van der Waals surface area contributed by atoms with Gasteiger partial charge in [0.2, 0.25) is 0 Å². The highest BCUT2D eigenvalue weighted by Gasteiger charge is 2.16. The first-order chi connectivity index (χ1) is 9.31. The number of hydrogen-bond donors (Lipinski definition) is 2. The van der Waals surface area contributed by atoms with E-state index in [1.165, 1.54) is 0 Å². The SMILES string of the molecule is COCCCC(N)c1nnc2c3[nH]cnc3ncn12. The largest absolute Gasteiger partial charge is 0.385 e. The first kappa shape index (κ1) is 12.0. The average Bonchev–Trinajstić information content (AvgIpc) is 3.04. The number of H-pyrrole nitrogens is 1. The molecule has 0 saturated carbocycles. The molecule has 0 saturated heterocycles. The van der Waals surface area contributed by atoms with Crippen LogP contribution in [0.1, 0.15) is 24.7 Å². The molecule has 0 radical (unpaired) electrons. The third-order valence-electron chi connectivity index (χ3n) is 3.06. The van der Waals surface area contributed by atoms with Crippen molar-refractivity contribution in [3.63, 3.8) is 0 Å². The van der Waals surface area contributed by atoms with E-state index in [-0.39, 0.29) is 6.04 Å². The molecule has 0 amide bonds. The van der Waals surface area contributed by atoms with Crippen molar-refractivity contribution in [2.24, 2.45) is 5.73 Å². The van der Waals surface area contributed by atoms with Gasteiger partial charge in [-0.3, -0.25) is 4.40 Å². The van der Waals surface area contributed by atoms with Crippen LogP contribution in [-0.2, 0) is 4.74 Å². The van der Waals surface area contributed by atoms with E-state index in [9.17, 15) is 0 Å². The van der Waals surface area contributed by atoms with Crippen LogP contribution in [0.5, 0.6) is 0 Å². The summed E-state index contributed by atoms with van der Waals surface area (Å²) in [6.07, 6.45) is 4.91. The maximum Gasteiger partial charge on any atom is 0.189 e. The van der Waals surface area contributed by atoms with Gasteiger partial charge in [-0.25, -0.2) is 9.97 Å². The second-order valence-corrected chi connectivity index (χ2v) is 4.34. The van der Waals surface area contributed by atoms with Gasteiger partial charge < -0.3 is 15.5 Å².